The molecule has 0 saturated carbocycles. The number of hydrogen-bond acceptors (Lipinski definition) is 6. The summed E-state index contributed by atoms with van der Waals surface area (Å²) in [6, 6.07) is 9.62. The van der Waals surface area contributed by atoms with Gasteiger partial charge in [0.25, 0.3) is 0 Å². The third-order valence-corrected chi connectivity index (χ3v) is 9.08. The molecule has 4 aromatic rings. The Morgan fingerprint density at radius 2 is 1.97 bits per heavy atom. The standard InChI is InChI=1S/C28H27Cl3FN7/c1-37(2)17-13-38(14-17)28-20-12-35-39(16-7-9-34-15(10-16)6-8-33)27(20)19-11-22(30)23(25(32)26(19)36-28)18-4-3-5-21(29)24(18)31/h3-5,11-12,15-17,34H,6-7,9-10,13-14H2,1-2H3/t15-,16+/m1/s1. The maximum atomic E-state index is 16.5. The van der Waals surface area contributed by atoms with Crippen LogP contribution in [-0.4, -0.2) is 65.5 Å². The predicted molar refractivity (Wildman–Crippen MR) is 155 cm³/mol. The maximum absolute atomic E-state index is 16.5. The number of pyridine rings is 1. The fraction of sp³-hybridized carbons (Fsp3) is 0.393. The second kappa shape index (κ2) is 10.4. The molecule has 0 spiro atoms. The number of nitrogens with zero attached hydrogens (tertiary/aromatic N) is 6. The Morgan fingerprint density at radius 1 is 1.18 bits per heavy atom. The zero-order chi connectivity index (χ0) is 27.4. The summed E-state index contributed by atoms with van der Waals surface area (Å²) in [6.07, 6.45) is 3.85. The van der Waals surface area contributed by atoms with E-state index in [1.165, 1.54) is 0 Å². The van der Waals surface area contributed by atoms with Crippen LogP contribution in [0.1, 0.15) is 25.3 Å². The summed E-state index contributed by atoms with van der Waals surface area (Å²) in [7, 11) is 4.11. The first-order valence-electron chi connectivity index (χ1n) is 12.9. The first kappa shape index (κ1) is 26.5. The monoisotopic (exact) mass is 585 g/mol. The highest BCUT2D eigenvalue weighted by atomic mass is 35.5. The van der Waals surface area contributed by atoms with Gasteiger partial charge in [-0.15, -0.1) is 0 Å². The van der Waals surface area contributed by atoms with Crippen LogP contribution < -0.4 is 10.2 Å². The zero-order valence-corrected chi connectivity index (χ0v) is 23.8. The Labute approximate surface area is 241 Å². The summed E-state index contributed by atoms with van der Waals surface area (Å²) < 4.78 is 18.5. The van der Waals surface area contributed by atoms with Gasteiger partial charge in [-0.1, -0.05) is 46.9 Å². The predicted octanol–water partition coefficient (Wildman–Crippen LogP) is 6.31. The Kier molecular flexibility index (Phi) is 7.07. The third kappa shape index (κ3) is 4.51. The van der Waals surface area contributed by atoms with Crippen LogP contribution in [0.3, 0.4) is 0 Å². The van der Waals surface area contributed by atoms with E-state index in [0.717, 1.165) is 43.4 Å². The average molecular weight is 587 g/mol. The van der Waals surface area contributed by atoms with Crippen LogP contribution in [0, 0.1) is 17.1 Å². The number of anilines is 1. The molecule has 0 unspecified atom stereocenters. The second-order valence-electron chi connectivity index (χ2n) is 10.5. The molecule has 2 saturated heterocycles. The quantitative estimate of drug-likeness (QED) is 0.296. The zero-order valence-electron chi connectivity index (χ0n) is 21.6. The molecule has 2 aliphatic heterocycles. The number of fused-ring (bicyclic) bond motifs is 3. The molecule has 11 heteroatoms. The van der Waals surface area contributed by atoms with Crippen molar-refractivity contribution in [3.63, 3.8) is 0 Å². The Bertz CT molecular complexity index is 1620. The lowest BCUT2D eigenvalue weighted by Crippen LogP contribution is -2.57. The van der Waals surface area contributed by atoms with Crippen LogP contribution in [0.15, 0.2) is 30.5 Å². The Balaban J connectivity index is 1.58. The molecule has 6 rings (SSSR count). The van der Waals surface area contributed by atoms with Gasteiger partial charge in [-0.2, -0.15) is 10.4 Å². The van der Waals surface area contributed by atoms with Crippen molar-refractivity contribution < 1.29 is 4.39 Å². The third-order valence-electron chi connectivity index (χ3n) is 7.97. The van der Waals surface area contributed by atoms with Crippen molar-refractivity contribution in [2.24, 2.45) is 0 Å². The molecule has 2 atom stereocenters. The minimum absolute atomic E-state index is 0.0513. The number of piperidine rings is 1. The minimum Gasteiger partial charge on any atom is -0.353 e. The fourth-order valence-corrected chi connectivity index (χ4v) is 6.44. The minimum atomic E-state index is -0.546. The topological polar surface area (TPSA) is 73.0 Å². The van der Waals surface area contributed by atoms with E-state index in [4.69, 9.17) is 44.9 Å². The molecule has 202 valence electrons. The number of nitriles is 1. The summed E-state index contributed by atoms with van der Waals surface area (Å²) >= 11 is 19.5. The van der Waals surface area contributed by atoms with Crippen LogP contribution in [-0.2, 0) is 0 Å². The normalized spacial score (nSPS) is 20.1. The number of likely N-dealkylation sites (N-methyl/N-ethyl adjacent to an activating group) is 1. The lowest BCUT2D eigenvalue weighted by molar-refractivity contribution is 0.246. The van der Waals surface area contributed by atoms with Crippen LogP contribution in [0.25, 0.3) is 32.9 Å². The maximum Gasteiger partial charge on any atom is 0.158 e. The number of nitrogens with one attached hydrogen (secondary N) is 1. The lowest BCUT2D eigenvalue weighted by Gasteiger charge is -2.43. The van der Waals surface area contributed by atoms with Gasteiger partial charge < -0.3 is 15.1 Å². The highest BCUT2D eigenvalue weighted by molar-refractivity contribution is 6.44. The van der Waals surface area contributed by atoms with Gasteiger partial charge >= 0.3 is 0 Å². The van der Waals surface area contributed by atoms with E-state index in [0.29, 0.717) is 34.3 Å². The van der Waals surface area contributed by atoms with E-state index < -0.39 is 5.82 Å². The summed E-state index contributed by atoms with van der Waals surface area (Å²) in [6.45, 7) is 2.34. The molecule has 2 fully saturated rings. The summed E-state index contributed by atoms with van der Waals surface area (Å²) in [5.74, 6) is 0.156. The molecule has 7 nitrogen and oxygen atoms in total. The largest absolute Gasteiger partial charge is 0.353 e. The molecule has 4 heterocycles. The smallest absolute Gasteiger partial charge is 0.158 e. The molecule has 0 radical (unpaired) electrons. The highest BCUT2D eigenvalue weighted by Gasteiger charge is 2.33. The molecule has 2 aromatic carbocycles. The van der Waals surface area contributed by atoms with Crippen molar-refractivity contribution in [3.8, 4) is 17.2 Å². The number of rotatable bonds is 5. The molecule has 0 amide bonds. The molecular formula is C28H27Cl3FN7. The summed E-state index contributed by atoms with van der Waals surface area (Å²) in [5.41, 5.74) is 1.60. The Hall–Kier alpha value is -2.67. The highest BCUT2D eigenvalue weighted by Crippen LogP contribution is 2.44. The first-order valence-corrected chi connectivity index (χ1v) is 14.1. The van der Waals surface area contributed by atoms with Gasteiger partial charge in [-0.05, 0) is 45.6 Å². The van der Waals surface area contributed by atoms with E-state index in [1.807, 2.05) is 10.9 Å². The molecule has 0 bridgehead atoms. The number of hydrogen-bond donors (Lipinski definition) is 1. The van der Waals surface area contributed by atoms with Crippen molar-refractivity contribution >= 4 is 62.4 Å². The summed E-state index contributed by atoms with van der Waals surface area (Å²) in [4.78, 5) is 9.24. The van der Waals surface area contributed by atoms with Crippen molar-refractivity contribution in [3.05, 3.63) is 51.3 Å². The lowest BCUT2D eigenvalue weighted by atomic mass is 9.97. The van der Waals surface area contributed by atoms with Crippen molar-refractivity contribution in [2.75, 3.05) is 38.6 Å². The van der Waals surface area contributed by atoms with Crippen LogP contribution in [0.2, 0.25) is 15.1 Å². The molecular weight excluding hydrogens is 560 g/mol. The second-order valence-corrected chi connectivity index (χ2v) is 11.7. The van der Waals surface area contributed by atoms with Gasteiger partial charge in [-0.3, -0.25) is 4.68 Å². The molecule has 2 aromatic heterocycles. The Morgan fingerprint density at radius 3 is 2.72 bits per heavy atom. The van der Waals surface area contributed by atoms with Gasteiger partial charge in [-0.25, -0.2) is 9.37 Å². The van der Waals surface area contributed by atoms with Gasteiger partial charge in [0.2, 0.25) is 0 Å². The molecule has 2 aliphatic rings. The van der Waals surface area contributed by atoms with E-state index in [1.54, 1.807) is 24.3 Å². The van der Waals surface area contributed by atoms with Crippen molar-refractivity contribution in [1.29, 1.82) is 5.26 Å². The number of aromatic nitrogens is 3. The average Bonchev–Trinajstić information content (AvgIpc) is 3.32. The number of halogens is 4. The molecule has 39 heavy (non-hydrogen) atoms. The van der Waals surface area contributed by atoms with Gasteiger partial charge in [0, 0.05) is 41.7 Å². The number of benzene rings is 2. The summed E-state index contributed by atoms with van der Waals surface area (Å²) in [5, 5.41) is 19.7. The first-order chi connectivity index (χ1) is 18.8. The SMILES string of the molecule is CN(C)C1CN(c2nc3c(F)c(-c4cccc(Cl)c4Cl)c(Cl)cc3c3c2cnn3[C@H]2CCN[C@H](CC#N)C2)C1. The van der Waals surface area contributed by atoms with Crippen LogP contribution in [0.5, 0.6) is 0 Å². The van der Waals surface area contributed by atoms with E-state index in [-0.39, 0.29) is 33.2 Å². The van der Waals surface area contributed by atoms with E-state index in [9.17, 15) is 5.26 Å². The van der Waals surface area contributed by atoms with Gasteiger partial charge in [0.15, 0.2) is 5.82 Å². The molecule has 0 aliphatic carbocycles. The van der Waals surface area contributed by atoms with E-state index >= 15 is 4.39 Å². The van der Waals surface area contributed by atoms with Crippen molar-refractivity contribution in [1.82, 2.24) is 25.0 Å². The van der Waals surface area contributed by atoms with E-state index in [2.05, 4.69) is 35.3 Å². The van der Waals surface area contributed by atoms with Gasteiger partial charge in [0.05, 0.1) is 50.7 Å². The van der Waals surface area contributed by atoms with Gasteiger partial charge in [0.1, 0.15) is 11.3 Å². The molecule has 1 N–H and O–H groups in total. The van der Waals surface area contributed by atoms with Crippen LogP contribution in [0.4, 0.5) is 10.2 Å². The van der Waals surface area contributed by atoms with Crippen LogP contribution >= 0.6 is 34.8 Å². The fourth-order valence-electron chi connectivity index (χ4n) is 5.75. The van der Waals surface area contributed by atoms with Crippen molar-refractivity contribution in [2.45, 2.75) is 37.4 Å².